The SMILES string of the molecule is CC(C)[C@H](C(=O)OCC(=O)Nc1cccc(Cl)c1)N1C(=O)[C@@H]2C3c4ccccc4C(c4ccccc43)[C@@H]2C1=O. The van der Waals surface area contributed by atoms with Gasteiger partial charge in [-0.2, -0.15) is 0 Å². The number of hydrogen-bond acceptors (Lipinski definition) is 5. The maximum absolute atomic E-state index is 14.0. The van der Waals surface area contributed by atoms with Gasteiger partial charge in [-0.3, -0.25) is 19.3 Å². The van der Waals surface area contributed by atoms with Crippen LogP contribution in [0.15, 0.2) is 72.8 Å². The number of hydrogen-bond donors (Lipinski definition) is 1. The highest BCUT2D eigenvalue weighted by atomic mass is 35.5. The van der Waals surface area contributed by atoms with Gasteiger partial charge in [-0.1, -0.05) is 80.0 Å². The maximum atomic E-state index is 14.0. The first-order chi connectivity index (χ1) is 18.8. The average Bonchev–Trinajstić information content (AvgIpc) is 3.18. The molecule has 8 heteroatoms. The molecule has 3 aromatic rings. The highest BCUT2D eigenvalue weighted by Gasteiger charge is 2.63. The third-order valence-electron chi connectivity index (χ3n) is 8.09. The number of nitrogens with zero attached hydrogens (tertiary/aromatic N) is 1. The van der Waals surface area contributed by atoms with E-state index in [9.17, 15) is 19.2 Å². The van der Waals surface area contributed by atoms with Crippen LogP contribution in [-0.4, -0.2) is 41.2 Å². The molecule has 0 aromatic heterocycles. The third-order valence-corrected chi connectivity index (χ3v) is 8.32. The molecule has 3 atom stereocenters. The van der Waals surface area contributed by atoms with E-state index in [1.807, 2.05) is 48.5 Å². The summed E-state index contributed by atoms with van der Waals surface area (Å²) >= 11 is 5.96. The number of carbonyl (C=O) groups excluding carboxylic acids is 4. The van der Waals surface area contributed by atoms with E-state index < -0.39 is 42.3 Å². The van der Waals surface area contributed by atoms with Gasteiger partial charge in [0, 0.05) is 22.5 Å². The zero-order valence-electron chi connectivity index (χ0n) is 21.5. The minimum Gasteiger partial charge on any atom is -0.454 e. The Morgan fingerprint density at radius 1 is 0.846 bits per heavy atom. The van der Waals surface area contributed by atoms with E-state index in [1.54, 1.807) is 38.1 Å². The molecular formula is C31H27ClN2O5. The number of amides is 3. The number of anilines is 1. The predicted molar refractivity (Wildman–Crippen MR) is 145 cm³/mol. The molecule has 2 bridgehead atoms. The summed E-state index contributed by atoms with van der Waals surface area (Å²) in [5.41, 5.74) is 4.71. The fourth-order valence-corrected chi connectivity index (χ4v) is 6.83. The summed E-state index contributed by atoms with van der Waals surface area (Å²) in [6.07, 6.45) is 0. The molecule has 3 aliphatic carbocycles. The summed E-state index contributed by atoms with van der Waals surface area (Å²) in [5, 5.41) is 3.08. The van der Waals surface area contributed by atoms with Crippen molar-refractivity contribution in [1.82, 2.24) is 4.90 Å². The summed E-state index contributed by atoms with van der Waals surface area (Å²) in [6, 6.07) is 21.4. The monoisotopic (exact) mass is 542 g/mol. The van der Waals surface area contributed by atoms with Crippen LogP contribution in [0.5, 0.6) is 0 Å². The fourth-order valence-electron chi connectivity index (χ4n) is 6.64. The van der Waals surface area contributed by atoms with E-state index in [0.717, 1.165) is 27.2 Å². The van der Waals surface area contributed by atoms with Crippen molar-refractivity contribution in [2.45, 2.75) is 31.7 Å². The van der Waals surface area contributed by atoms with Crippen LogP contribution in [0.2, 0.25) is 5.02 Å². The molecule has 0 saturated carbocycles. The number of carbonyl (C=O) groups is 4. The number of halogens is 1. The number of nitrogens with one attached hydrogen (secondary N) is 1. The van der Waals surface area contributed by atoms with Crippen LogP contribution in [0.4, 0.5) is 5.69 Å². The fraction of sp³-hybridized carbons (Fsp3) is 0.290. The Kier molecular flexibility index (Phi) is 6.26. The van der Waals surface area contributed by atoms with Gasteiger partial charge in [0.05, 0.1) is 11.8 Å². The zero-order chi connectivity index (χ0) is 27.4. The molecule has 7 nitrogen and oxygen atoms in total. The van der Waals surface area contributed by atoms with E-state index in [4.69, 9.17) is 16.3 Å². The number of ether oxygens (including phenoxy) is 1. The first kappa shape index (κ1) is 25.3. The Balaban J connectivity index is 1.27. The van der Waals surface area contributed by atoms with Gasteiger partial charge >= 0.3 is 5.97 Å². The van der Waals surface area contributed by atoms with Gasteiger partial charge in [0.2, 0.25) is 11.8 Å². The molecule has 1 fully saturated rings. The summed E-state index contributed by atoms with van der Waals surface area (Å²) in [5.74, 6) is -4.17. The van der Waals surface area contributed by atoms with Crippen LogP contribution in [0, 0.1) is 17.8 Å². The van der Waals surface area contributed by atoms with Gasteiger partial charge in [-0.05, 0) is 46.4 Å². The quantitative estimate of drug-likeness (QED) is 0.359. The van der Waals surface area contributed by atoms with Gasteiger partial charge in [0.25, 0.3) is 5.91 Å². The summed E-state index contributed by atoms with van der Waals surface area (Å²) in [4.78, 5) is 54.9. The molecule has 1 aliphatic heterocycles. The molecule has 0 radical (unpaired) electrons. The molecule has 3 aromatic carbocycles. The van der Waals surface area contributed by atoms with E-state index in [0.29, 0.717) is 10.7 Å². The van der Waals surface area contributed by atoms with Crippen molar-refractivity contribution in [3.8, 4) is 0 Å². The van der Waals surface area contributed by atoms with Gasteiger partial charge in [0.1, 0.15) is 6.04 Å². The number of benzene rings is 3. The minimum absolute atomic E-state index is 0.263. The van der Waals surface area contributed by atoms with Crippen molar-refractivity contribution >= 4 is 41.0 Å². The molecule has 7 rings (SSSR count). The van der Waals surface area contributed by atoms with Crippen molar-refractivity contribution in [2.24, 2.45) is 17.8 Å². The van der Waals surface area contributed by atoms with Crippen molar-refractivity contribution in [3.05, 3.63) is 100 Å². The summed E-state index contributed by atoms with van der Waals surface area (Å²) in [7, 11) is 0. The van der Waals surface area contributed by atoms with Crippen LogP contribution < -0.4 is 5.32 Å². The Bertz CT molecular complexity index is 1400. The average molecular weight is 543 g/mol. The summed E-state index contributed by atoms with van der Waals surface area (Å²) in [6.45, 7) is 2.97. The molecule has 4 aliphatic rings. The van der Waals surface area contributed by atoms with Crippen LogP contribution >= 0.6 is 11.6 Å². The Morgan fingerprint density at radius 2 is 1.36 bits per heavy atom. The highest BCUT2D eigenvalue weighted by Crippen LogP contribution is 2.61. The minimum atomic E-state index is -1.14. The first-order valence-corrected chi connectivity index (χ1v) is 13.4. The lowest BCUT2D eigenvalue weighted by molar-refractivity contribution is -0.162. The van der Waals surface area contributed by atoms with Gasteiger partial charge in [-0.15, -0.1) is 0 Å². The lowest BCUT2D eigenvalue weighted by Crippen LogP contribution is -2.49. The van der Waals surface area contributed by atoms with Crippen LogP contribution in [-0.2, 0) is 23.9 Å². The lowest BCUT2D eigenvalue weighted by Gasteiger charge is -2.45. The second-order valence-corrected chi connectivity index (χ2v) is 11.1. The second kappa shape index (κ2) is 9.65. The molecule has 0 unspecified atom stereocenters. The Labute approximate surface area is 231 Å². The number of likely N-dealkylation sites (tertiary alicyclic amines) is 1. The first-order valence-electron chi connectivity index (χ1n) is 13.0. The molecule has 198 valence electrons. The van der Waals surface area contributed by atoms with Gasteiger partial charge in [0.15, 0.2) is 6.61 Å². The van der Waals surface area contributed by atoms with E-state index in [-0.39, 0.29) is 23.7 Å². The molecule has 1 heterocycles. The van der Waals surface area contributed by atoms with Gasteiger partial charge in [-0.25, -0.2) is 4.79 Å². The highest BCUT2D eigenvalue weighted by molar-refractivity contribution is 6.30. The van der Waals surface area contributed by atoms with Crippen molar-refractivity contribution in [3.63, 3.8) is 0 Å². The molecular weight excluding hydrogens is 516 g/mol. The topological polar surface area (TPSA) is 92.8 Å². The summed E-state index contributed by atoms with van der Waals surface area (Å²) < 4.78 is 5.36. The number of esters is 1. The number of imide groups is 1. The van der Waals surface area contributed by atoms with Crippen molar-refractivity contribution in [1.29, 1.82) is 0 Å². The van der Waals surface area contributed by atoms with E-state index in [1.165, 1.54) is 0 Å². The predicted octanol–water partition coefficient (Wildman–Crippen LogP) is 4.74. The molecule has 1 N–H and O–H groups in total. The molecule has 0 spiro atoms. The molecule has 39 heavy (non-hydrogen) atoms. The van der Waals surface area contributed by atoms with E-state index >= 15 is 0 Å². The smallest absolute Gasteiger partial charge is 0.330 e. The van der Waals surface area contributed by atoms with Crippen LogP contribution in [0.3, 0.4) is 0 Å². The van der Waals surface area contributed by atoms with Crippen LogP contribution in [0.25, 0.3) is 0 Å². The van der Waals surface area contributed by atoms with Crippen molar-refractivity contribution < 1.29 is 23.9 Å². The second-order valence-electron chi connectivity index (χ2n) is 10.7. The lowest BCUT2D eigenvalue weighted by atomic mass is 9.55. The van der Waals surface area contributed by atoms with Gasteiger partial charge < -0.3 is 10.1 Å². The maximum Gasteiger partial charge on any atom is 0.330 e. The molecule has 3 amide bonds. The zero-order valence-corrected chi connectivity index (χ0v) is 22.2. The Hall–Kier alpha value is -3.97. The standard InChI is InChI=1S/C31H27ClN2O5/c1-16(2)28(31(38)39-15-23(35)33-18-9-7-8-17(32)14-18)34-29(36)26-24-19-10-3-4-11-20(19)25(27(26)30(34)37)22-13-6-5-12-21(22)24/h3-14,16,24-28H,15H2,1-2H3,(H,33,35)/t24?,25?,26-,27+,28-/m1/s1. The number of rotatable bonds is 6. The largest absolute Gasteiger partial charge is 0.454 e. The molecule has 1 saturated heterocycles. The van der Waals surface area contributed by atoms with Crippen molar-refractivity contribution in [2.75, 3.05) is 11.9 Å². The van der Waals surface area contributed by atoms with E-state index in [2.05, 4.69) is 5.32 Å². The van der Waals surface area contributed by atoms with Crippen LogP contribution in [0.1, 0.15) is 47.9 Å². The Morgan fingerprint density at radius 3 is 1.82 bits per heavy atom. The third kappa shape index (κ3) is 4.03. The normalized spacial score (nSPS) is 23.2.